The van der Waals surface area contributed by atoms with E-state index in [1.807, 2.05) is 0 Å². The lowest BCUT2D eigenvalue weighted by Crippen LogP contribution is -2.41. The van der Waals surface area contributed by atoms with Crippen molar-refractivity contribution in [3.8, 4) is 0 Å². The van der Waals surface area contributed by atoms with Crippen LogP contribution in [0.2, 0.25) is 0 Å². The molecular weight excluding hydrogens is 224 g/mol. The molecule has 0 aromatic heterocycles. The van der Waals surface area contributed by atoms with Crippen molar-refractivity contribution in [2.45, 2.75) is 38.1 Å². The van der Waals surface area contributed by atoms with Gasteiger partial charge in [-0.3, -0.25) is 14.4 Å². The number of Topliss-reactive ketones (excluding diaryl/α,β-unsaturated/α-hetero) is 1. The van der Waals surface area contributed by atoms with Crippen LogP contribution in [0.4, 0.5) is 0 Å². The Bertz CT molecular complexity index is 317. The van der Waals surface area contributed by atoms with E-state index in [-0.39, 0.29) is 11.7 Å². The summed E-state index contributed by atoms with van der Waals surface area (Å²) >= 11 is 0. The number of nitrogens with two attached hydrogens (primary N) is 1. The second kappa shape index (κ2) is 6.34. The quantitative estimate of drug-likeness (QED) is 0.418. The summed E-state index contributed by atoms with van der Waals surface area (Å²) in [5.74, 6) is -1.65. The number of nitrogens with one attached hydrogen (secondary N) is 1. The molecule has 0 spiro atoms. The normalized spacial score (nSPS) is 20.5. The first-order chi connectivity index (χ1) is 8.02. The zero-order valence-electron chi connectivity index (χ0n) is 9.65. The highest BCUT2D eigenvalue weighted by Gasteiger charge is 2.34. The van der Waals surface area contributed by atoms with Gasteiger partial charge in [-0.2, -0.15) is 0 Å². The lowest BCUT2D eigenvalue weighted by molar-refractivity contribution is -0.140. The van der Waals surface area contributed by atoms with Gasteiger partial charge >= 0.3 is 5.97 Å². The zero-order chi connectivity index (χ0) is 12.8. The van der Waals surface area contributed by atoms with Gasteiger partial charge in [-0.15, -0.1) is 0 Å². The van der Waals surface area contributed by atoms with Crippen LogP contribution >= 0.6 is 0 Å². The molecule has 1 fully saturated rings. The van der Waals surface area contributed by atoms with E-state index < -0.39 is 17.9 Å². The molecule has 1 aliphatic rings. The fraction of sp³-hybridized carbons (Fsp3) is 0.727. The molecule has 6 nitrogen and oxygen atoms in total. The van der Waals surface area contributed by atoms with Crippen molar-refractivity contribution in [3.05, 3.63) is 0 Å². The lowest BCUT2D eigenvalue weighted by atomic mass is 9.83. The van der Waals surface area contributed by atoms with E-state index in [1.54, 1.807) is 0 Å². The Morgan fingerprint density at radius 3 is 2.65 bits per heavy atom. The first kappa shape index (κ1) is 13.6. The van der Waals surface area contributed by atoms with Crippen molar-refractivity contribution >= 4 is 17.7 Å². The molecule has 0 heterocycles. The van der Waals surface area contributed by atoms with Crippen LogP contribution in [0.5, 0.6) is 0 Å². The fourth-order valence-corrected chi connectivity index (χ4v) is 1.63. The first-order valence-electron chi connectivity index (χ1n) is 5.81. The third-order valence-corrected chi connectivity index (χ3v) is 2.94. The van der Waals surface area contributed by atoms with E-state index in [0.29, 0.717) is 38.6 Å². The molecule has 1 rings (SSSR count). The molecule has 17 heavy (non-hydrogen) atoms. The minimum absolute atomic E-state index is 0.00963. The predicted octanol–water partition coefficient (Wildman–Crippen LogP) is -0.336. The van der Waals surface area contributed by atoms with Gasteiger partial charge in [0.1, 0.15) is 11.8 Å². The summed E-state index contributed by atoms with van der Waals surface area (Å²) in [5.41, 5.74) is 5.32. The molecule has 0 bridgehead atoms. The number of carbonyl (C=O) groups excluding carboxylic acids is 2. The topological polar surface area (TPSA) is 109 Å². The minimum Gasteiger partial charge on any atom is -0.480 e. The van der Waals surface area contributed by atoms with Gasteiger partial charge in [-0.25, -0.2) is 0 Å². The van der Waals surface area contributed by atoms with Gasteiger partial charge in [0.15, 0.2) is 0 Å². The average molecular weight is 242 g/mol. The second-order valence-electron chi connectivity index (χ2n) is 4.29. The average Bonchev–Trinajstić information content (AvgIpc) is 2.26. The highest BCUT2D eigenvalue weighted by molar-refractivity contribution is 6.05. The van der Waals surface area contributed by atoms with Gasteiger partial charge < -0.3 is 16.2 Å². The Labute approximate surface area is 99.6 Å². The molecule has 1 amide bonds. The number of carboxylic acids is 1. The summed E-state index contributed by atoms with van der Waals surface area (Å²) in [4.78, 5) is 32.8. The van der Waals surface area contributed by atoms with Crippen LogP contribution in [0, 0.1) is 5.92 Å². The number of rotatable bonds is 7. The van der Waals surface area contributed by atoms with Crippen LogP contribution in [0.3, 0.4) is 0 Å². The van der Waals surface area contributed by atoms with Crippen LogP contribution in [0.15, 0.2) is 0 Å². The summed E-state index contributed by atoms with van der Waals surface area (Å²) in [6, 6.07) is -0.834. The smallest absolute Gasteiger partial charge is 0.320 e. The van der Waals surface area contributed by atoms with Crippen LogP contribution < -0.4 is 11.1 Å². The van der Waals surface area contributed by atoms with E-state index in [2.05, 4.69) is 5.32 Å². The zero-order valence-corrected chi connectivity index (χ0v) is 9.65. The Balaban J connectivity index is 2.02. The molecule has 0 aliphatic heterocycles. The molecule has 1 saturated carbocycles. The number of ketones is 1. The van der Waals surface area contributed by atoms with Crippen LogP contribution in [0.1, 0.15) is 32.1 Å². The predicted molar refractivity (Wildman–Crippen MR) is 60.2 cm³/mol. The van der Waals surface area contributed by atoms with E-state index >= 15 is 0 Å². The minimum atomic E-state index is -1.01. The molecule has 0 aromatic carbocycles. The lowest BCUT2D eigenvalue weighted by Gasteiger charge is -2.22. The Morgan fingerprint density at radius 1 is 1.47 bits per heavy atom. The fourth-order valence-electron chi connectivity index (χ4n) is 1.63. The molecule has 0 saturated heterocycles. The van der Waals surface area contributed by atoms with E-state index in [9.17, 15) is 14.4 Å². The molecule has 1 unspecified atom stereocenters. The summed E-state index contributed by atoms with van der Waals surface area (Å²) in [6.45, 7) is 0.467. The van der Waals surface area contributed by atoms with Gasteiger partial charge in [0.25, 0.3) is 0 Å². The van der Waals surface area contributed by atoms with Crippen LogP contribution in [-0.4, -0.2) is 35.4 Å². The maximum atomic E-state index is 11.4. The third-order valence-electron chi connectivity index (χ3n) is 2.94. The summed E-state index contributed by atoms with van der Waals surface area (Å²) in [6.07, 6.45) is 2.87. The summed E-state index contributed by atoms with van der Waals surface area (Å²) < 4.78 is 0. The third kappa shape index (κ3) is 4.14. The van der Waals surface area contributed by atoms with Gasteiger partial charge in [-0.1, -0.05) is 0 Å². The Hall–Kier alpha value is -1.43. The maximum absolute atomic E-state index is 11.4. The molecule has 2 atom stereocenters. The van der Waals surface area contributed by atoms with Crippen molar-refractivity contribution in [1.29, 1.82) is 0 Å². The largest absolute Gasteiger partial charge is 0.480 e. The number of amides is 1. The summed E-state index contributed by atoms with van der Waals surface area (Å²) in [5, 5.41) is 11.2. The molecule has 4 N–H and O–H groups in total. The number of aliphatic carboxylic acids is 1. The highest BCUT2D eigenvalue weighted by Crippen LogP contribution is 2.21. The molecular formula is C11H18N2O4. The molecule has 0 aromatic rings. The van der Waals surface area contributed by atoms with E-state index in [1.165, 1.54) is 0 Å². The molecule has 0 radical (unpaired) electrons. The monoisotopic (exact) mass is 242 g/mol. The first-order valence-corrected chi connectivity index (χ1v) is 5.81. The van der Waals surface area contributed by atoms with Crippen molar-refractivity contribution in [1.82, 2.24) is 5.32 Å². The van der Waals surface area contributed by atoms with Gasteiger partial charge in [0.05, 0.1) is 5.92 Å². The maximum Gasteiger partial charge on any atom is 0.320 e. The SMILES string of the molecule is N[C@@H](CCCCNC(=O)C1CCC1=O)C(=O)O. The van der Waals surface area contributed by atoms with Gasteiger partial charge in [0, 0.05) is 13.0 Å². The number of unbranched alkanes of at least 4 members (excludes halogenated alkanes) is 1. The molecule has 6 heteroatoms. The highest BCUT2D eigenvalue weighted by atomic mass is 16.4. The standard InChI is InChI=1S/C11H18N2O4/c12-8(11(16)17)3-1-2-6-13-10(15)7-4-5-9(7)14/h7-8H,1-6,12H2,(H,13,15)(H,16,17)/t7?,8-/m0/s1. The molecule has 96 valence electrons. The Morgan fingerprint density at radius 2 is 2.18 bits per heavy atom. The van der Waals surface area contributed by atoms with E-state index in [0.717, 1.165) is 0 Å². The van der Waals surface area contributed by atoms with Crippen LogP contribution in [0.25, 0.3) is 0 Å². The molecule has 1 aliphatic carbocycles. The number of carbonyl (C=O) groups is 3. The van der Waals surface area contributed by atoms with Crippen molar-refractivity contribution in [2.24, 2.45) is 11.7 Å². The number of carboxylic acid groups (broad SMARTS) is 1. The summed E-state index contributed by atoms with van der Waals surface area (Å²) in [7, 11) is 0. The van der Waals surface area contributed by atoms with E-state index in [4.69, 9.17) is 10.8 Å². The Kier molecular flexibility index (Phi) is 5.09. The van der Waals surface area contributed by atoms with Crippen molar-refractivity contribution in [3.63, 3.8) is 0 Å². The van der Waals surface area contributed by atoms with Crippen molar-refractivity contribution < 1.29 is 19.5 Å². The van der Waals surface area contributed by atoms with Gasteiger partial charge in [0.2, 0.25) is 5.91 Å². The van der Waals surface area contributed by atoms with Crippen LogP contribution in [-0.2, 0) is 14.4 Å². The van der Waals surface area contributed by atoms with Crippen molar-refractivity contribution in [2.75, 3.05) is 6.54 Å². The van der Waals surface area contributed by atoms with Gasteiger partial charge in [-0.05, 0) is 25.7 Å². The number of hydrogen-bond donors (Lipinski definition) is 3. The number of hydrogen-bond acceptors (Lipinski definition) is 4. The second-order valence-corrected chi connectivity index (χ2v) is 4.29.